The van der Waals surface area contributed by atoms with Crippen LogP contribution in [0, 0.1) is 0 Å². The van der Waals surface area contributed by atoms with Gasteiger partial charge in [-0.15, -0.1) is 0 Å². The van der Waals surface area contributed by atoms with Crippen LogP contribution in [0.3, 0.4) is 0 Å². The van der Waals surface area contributed by atoms with Crippen molar-refractivity contribution in [2.75, 3.05) is 14.2 Å². The Bertz CT molecular complexity index is 982. The number of rotatable bonds is 6. The van der Waals surface area contributed by atoms with E-state index in [9.17, 15) is 40.9 Å². The molecule has 0 heterocycles. The molecule has 2 rings (SSSR count). The van der Waals surface area contributed by atoms with Crippen LogP contribution in [-0.2, 0) is 29.7 Å². The molecule has 4 N–H and O–H groups in total. The fraction of sp³-hybridized carbons (Fsp3) is 0.400. The standard InChI is InChI=1S/C15H18O11S2.2Na/c1-25-14(26-2)9-13(17,18)11(12(16)10-6-4-3-5-7-10)8-15(14,27(19,20)21)28(22,23)24;;/h3-8,17-18H,9H2,1-2H3,(H,19,20,21)(H,22,23,24);;. The molecule has 0 fully saturated rings. The van der Waals surface area contributed by atoms with Crippen LogP contribution < -0.4 is 0 Å². The van der Waals surface area contributed by atoms with Crippen LogP contribution in [0.4, 0.5) is 0 Å². The second-order valence-electron chi connectivity index (χ2n) is 6.03. The van der Waals surface area contributed by atoms with Crippen LogP contribution in [-0.4, -0.2) is 131 Å². The molecule has 158 valence electrons. The van der Waals surface area contributed by atoms with E-state index < -0.39 is 53.7 Å². The first-order valence-corrected chi connectivity index (χ1v) is 10.4. The van der Waals surface area contributed by atoms with Gasteiger partial charge in [-0.25, -0.2) is 0 Å². The minimum Gasteiger partial charge on any atom is -0.362 e. The number of ether oxygens (including phenoxy) is 2. The third kappa shape index (κ3) is 4.79. The zero-order chi connectivity index (χ0) is 21.6. The molecule has 0 aromatic heterocycles. The van der Waals surface area contributed by atoms with Gasteiger partial charge >= 0.3 is 0 Å². The number of benzene rings is 1. The number of carbonyl (C=O) groups is 1. The Morgan fingerprint density at radius 3 is 1.73 bits per heavy atom. The van der Waals surface area contributed by atoms with Crippen molar-refractivity contribution in [3.8, 4) is 0 Å². The quantitative estimate of drug-likeness (QED) is 0.161. The van der Waals surface area contributed by atoms with Crippen molar-refractivity contribution in [1.29, 1.82) is 0 Å². The predicted octanol–water partition coefficient (Wildman–Crippen LogP) is -1.42. The van der Waals surface area contributed by atoms with Crippen LogP contribution >= 0.6 is 0 Å². The van der Waals surface area contributed by atoms with Crippen LogP contribution in [0.15, 0.2) is 42.0 Å². The molecule has 2 radical (unpaired) electrons. The number of aliphatic hydroxyl groups is 2. The SMILES string of the molecule is COC1(OC)CC(O)(O)C(C(=O)c2ccccc2)=CC1(S(=O)(=O)O)S(=O)(=O)O.[Na].[Na]. The smallest absolute Gasteiger partial charge is 0.297 e. The van der Waals surface area contributed by atoms with Gasteiger partial charge in [0.2, 0.25) is 5.79 Å². The average Bonchev–Trinajstić information content (AvgIpc) is 2.58. The van der Waals surface area contributed by atoms with Gasteiger partial charge in [-0.3, -0.25) is 13.9 Å². The fourth-order valence-electron chi connectivity index (χ4n) is 3.14. The molecule has 0 unspecified atom stereocenters. The Morgan fingerprint density at radius 2 is 1.37 bits per heavy atom. The molecule has 30 heavy (non-hydrogen) atoms. The van der Waals surface area contributed by atoms with E-state index in [0.29, 0.717) is 0 Å². The van der Waals surface area contributed by atoms with E-state index in [-0.39, 0.29) is 70.8 Å². The summed E-state index contributed by atoms with van der Waals surface area (Å²) < 4.78 is 73.8. The van der Waals surface area contributed by atoms with Crippen molar-refractivity contribution in [3.63, 3.8) is 0 Å². The van der Waals surface area contributed by atoms with E-state index >= 15 is 0 Å². The number of methoxy groups -OCH3 is 2. The van der Waals surface area contributed by atoms with Crippen LogP contribution in [0.5, 0.6) is 0 Å². The number of hydrogen-bond donors (Lipinski definition) is 4. The number of carbonyl (C=O) groups excluding carboxylic acids is 1. The van der Waals surface area contributed by atoms with Gasteiger partial charge in [0, 0.05) is 78.9 Å². The van der Waals surface area contributed by atoms with Gasteiger partial charge in [-0.2, -0.15) is 16.8 Å². The van der Waals surface area contributed by atoms with Gasteiger partial charge in [0.15, 0.2) is 11.6 Å². The molecule has 1 aliphatic carbocycles. The number of hydrogen-bond acceptors (Lipinski definition) is 9. The van der Waals surface area contributed by atoms with Crippen molar-refractivity contribution < 1.29 is 50.4 Å². The molecule has 0 atom stereocenters. The molecular weight excluding hydrogens is 466 g/mol. The topological polar surface area (TPSA) is 185 Å². The van der Waals surface area contributed by atoms with E-state index in [1.165, 1.54) is 24.3 Å². The minimum atomic E-state index is -5.81. The largest absolute Gasteiger partial charge is 0.362 e. The second kappa shape index (κ2) is 10.1. The monoisotopic (exact) mass is 484 g/mol. The van der Waals surface area contributed by atoms with Gasteiger partial charge < -0.3 is 19.7 Å². The Morgan fingerprint density at radius 1 is 0.933 bits per heavy atom. The molecule has 0 amide bonds. The number of Topliss-reactive ketones (excluding diaryl/α,β-unsaturated/α-hetero) is 1. The van der Waals surface area contributed by atoms with E-state index in [0.717, 1.165) is 14.2 Å². The summed E-state index contributed by atoms with van der Waals surface area (Å²) in [6.45, 7) is 0. The van der Waals surface area contributed by atoms with Gasteiger partial charge in [0.05, 0.1) is 12.0 Å². The molecule has 1 aromatic rings. The average molecular weight is 484 g/mol. The summed E-state index contributed by atoms with van der Waals surface area (Å²) in [6.07, 6.45) is -1.35. The van der Waals surface area contributed by atoms with Crippen LogP contribution in [0.1, 0.15) is 16.8 Å². The maximum atomic E-state index is 12.7. The molecule has 11 nitrogen and oxygen atoms in total. The number of ketones is 1. The summed E-state index contributed by atoms with van der Waals surface area (Å²) in [5.74, 6) is -7.32. The first-order valence-electron chi connectivity index (χ1n) is 7.51. The summed E-state index contributed by atoms with van der Waals surface area (Å²) in [4.78, 5) is 12.7. The van der Waals surface area contributed by atoms with Crippen molar-refractivity contribution >= 4 is 85.1 Å². The first kappa shape index (κ1) is 30.3. The predicted molar refractivity (Wildman–Crippen MR) is 105 cm³/mol. The summed E-state index contributed by atoms with van der Waals surface area (Å²) in [5.41, 5.74) is -1.28. The molecule has 0 saturated heterocycles. The summed E-state index contributed by atoms with van der Waals surface area (Å²) in [7, 11) is -10.1. The molecule has 0 aliphatic heterocycles. The summed E-state index contributed by atoms with van der Waals surface area (Å²) in [5, 5.41) is 20.8. The zero-order valence-electron chi connectivity index (χ0n) is 16.6. The van der Waals surface area contributed by atoms with Gasteiger partial charge in [0.25, 0.3) is 24.3 Å². The van der Waals surface area contributed by atoms with Crippen molar-refractivity contribution in [2.45, 2.75) is 22.1 Å². The molecule has 0 bridgehead atoms. The zero-order valence-corrected chi connectivity index (χ0v) is 22.3. The third-order valence-corrected chi connectivity index (χ3v) is 8.14. The van der Waals surface area contributed by atoms with Crippen molar-refractivity contribution in [2.24, 2.45) is 0 Å². The molecular formula is C15H18Na2O11S2. The fourth-order valence-corrected chi connectivity index (χ4v) is 6.00. The Hall–Kier alpha value is 0.290. The Labute approximate surface area is 217 Å². The van der Waals surface area contributed by atoms with Gasteiger partial charge in [-0.05, 0) is 6.08 Å². The summed E-state index contributed by atoms with van der Waals surface area (Å²) in [6, 6.07) is 6.87. The van der Waals surface area contributed by atoms with Crippen LogP contribution in [0.2, 0.25) is 0 Å². The Balaban J connectivity index is 0.00000420. The van der Waals surface area contributed by atoms with E-state index in [1.54, 1.807) is 6.07 Å². The molecule has 0 saturated carbocycles. The Kier molecular flexibility index (Phi) is 10.1. The molecule has 15 heteroatoms. The first-order chi connectivity index (χ1) is 12.7. The van der Waals surface area contributed by atoms with Gasteiger partial charge in [0.1, 0.15) is 0 Å². The maximum Gasteiger partial charge on any atom is 0.297 e. The van der Waals surface area contributed by atoms with Crippen molar-refractivity contribution in [1.82, 2.24) is 0 Å². The molecule has 0 spiro atoms. The summed E-state index contributed by atoms with van der Waals surface area (Å²) >= 11 is 0. The minimum absolute atomic E-state index is 0. The third-order valence-electron chi connectivity index (χ3n) is 4.48. The van der Waals surface area contributed by atoms with E-state index in [2.05, 4.69) is 0 Å². The van der Waals surface area contributed by atoms with E-state index in [1.807, 2.05) is 0 Å². The van der Waals surface area contributed by atoms with Crippen molar-refractivity contribution in [3.05, 3.63) is 47.5 Å². The maximum absolute atomic E-state index is 12.7. The second-order valence-corrected chi connectivity index (χ2v) is 9.47. The van der Waals surface area contributed by atoms with Gasteiger partial charge in [-0.1, -0.05) is 30.3 Å². The normalized spacial score (nSPS) is 19.6. The van der Waals surface area contributed by atoms with E-state index in [4.69, 9.17) is 9.47 Å². The molecule has 1 aromatic carbocycles. The van der Waals surface area contributed by atoms with Crippen LogP contribution in [0.25, 0.3) is 0 Å². The molecule has 1 aliphatic rings.